The molecule has 3 aromatic heterocycles. The number of ether oxygens (including phenoxy) is 1. The van der Waals surface area contributed by atoms with Crippen LogP contribution in [0.2, 0.25) is 5.02 Å². The van der Waals surface area contributed by atoms with E-state index in [1.165, 1.54) is 29.5 Å². The highest BCUT2D eigenvalue weighted by Crippen LogP contribution is 2.47. The summed E-state index contributed by atoms with van der Waals surface area (Å²) in [5.41, 5.74) is 5.74. The van der Waals surface area contributed by atoms with Crippen LogP contribution in [0.15, 0.2) is 30.9 Å². The minimum absolute atomic E-state index is 0.0227. The number of aromatic nitrogens is 5. The van der Waals surface area contributed by atoms with Gasteiger partial charge in [0, 0.05) is 55.0 Å². The molecular formula is C35H32ClF3N10O2S. The van der Waals surface area contributed by atoms with E-state index in [2.05, 4.69) is 24.9 Å². The number of nitriles is 1. The molecule has 12 nitrogen and oxygen atoms in total. The average molecular weight is 749 g/mol. The van der Waals surface area contributed by atoms with Crippen LogP contribution < -0.4 is 15.4 Å². The largest absolute Gasteiger partial charge is 0.461 e. The molecule has 17 heteroatoms. The molecule has 4 aliphatic heterocycles. The summed E-state index contributed by atoms with van der Waals surface area (Å²) in [5.74, 6) is -0.836. The lowest BCUT2D eigenvalue weighted by atomic mass is 9.93. The van der Waals surface area contributed by atoms with Crippen LogP contribution in [0.5, 0.6) is 6.01 Å². The molecule has 52 heavy (non-hydrogen) atoms. The molecule has 268 valence electrons. The monoisotopic (exact) mass is 748 g/mol. The Labute approximate surface area is 304 Å². The van der Waals surface area contributed by atoms with Crippen molar-refractivity contribution in [2.75, 3.05) is 50.0 Å². The highest BCUT2D eigenvalue weighted by molar-refractivity contribution is 7.23. The summed E-state index contributed by atoms with van der Waals surface area (Å²) in [6.45, 7) is 2.81. The van der Waals surface area contributed by atoms with Crippen molar-refractivity contribution < 1.29 is 22.7 Å². The Balaban J connectivity index is 1.14. The second-order valence-corrected chi connectivity index (χ2v) is 15.5. The highest BCUT2D eigenvalue weighted by atomic mass is 35.5. The fourth-order valence-electron chi connectivity index (χ4n) is 8.92. The van der Waals surface area contributed by atoms with E-state index in [-0.39, 0.29) is 72.9 Å². The highest BCUT2D eigenvalue weighted by Gasteiger charge is 2.49. The Morgan fingerprint density at radius 2 is 2.06 bits per heavy atom. The molecule has 4 atom stereocenters. The van der Waals surface area contributed by atoms with E-state index in [9.17, 15) is 18.8 Å². The van der Waals surface area contributed by atoms with Gasteiger partial charge < -0.3 is 20.3 Å². The summed E-state index contributed by atoms with van der Waals surface area (Å²) < 4.78 is 54.4. The third-order valence-corrected chi connectivity index (χ3v) is 12.6. The van der Waals surface area contributed by atoms with Gasteiger partial charge >= 0.3 is 12.0 Å². The Morgan fingerprint density at radius 1 is 1.19 bits per heavy atom. The average Bonchev–Trinajstić information content (AvgIpc) is 3.97. The zero-order valence-electron chi connectivity index (χ0n) is 27.7. The standard InChI is InChI=1S/C35H32ClF3N10O2S/c36-23-10-21-29(28(39)27(23)20-2-3-24(38)30-26(20)22(12-40)31(41)52-30)44-33(51-15-35-6-1-7-47(35)14-19(37)11-35)45-32(21)48-9-4-18-13-46(8-5-25(18)48)34(50)49-17-42-16-43-49/h2-3,10,16-19,25H,1,4-9,11,13-15,41H2/t18?,19-,25?,35+/m1/s1. The quantitative estimate of drug-likeness (QED) is 0.227. The Bertz CT molecular complexity index is 2300. The number of piperidine rings is 1. The number of rotatable bonds is 5. The number of hydrogen-bond acceptors (Lipinski definition) is 11. The van der Waals surface area contributed by atoms with Gasteiger partial charge in [0.05, 0.1) is 20.8 Å². The van der Waals surface area contributed by atoms with Crippen molar-refractivity contribution in [2.24, 2.45) is 5.92 Å². The van der Waals surface area contributed by atoms with Gasteiger partial charge in [-0.3, -0.25) is 4.90 Å². The summed E-state index contributed by atoms with van der Waals surface area (Å²) in [6, 6.07) is 5.90. The number of likely N-dealkylation sites (tertiary alicyclic amines) is 1. The van der Waals surface area contributed by atoms with Crippen molar-refractivity contribution in [3.8, 4) is 23.2 Å². The van der Waals surface area contributed by atoms with Crippen LogP contribution in [0.1, 0.15) is 37.7 Å². The second-order valence-electron chi connectivity index (χ2n) is 14.1. The van der Waals surface area contributed by atoms with Crippen molar-refractivity contribution in [2.45, 2.75) is 49.9 Å². The van der Waals surface area contributed by atoms with Crippen molar-refractivity contribution in [3.05, 3.63) is 53.1 Å². The van der Waals surface area contributed by atoms with Gasteiger partial charge in [-0.05, 0) is 55.8 Å². The number of halogens is 4. The summed E-state index contributed by atoms with van der Waals surface area (Å²) >= 11 is 7.83. The Morgan fingerprint density at radius 3 is 2.87 bits per heavy atom. The number of nitrogen functional groups attached to an aromatic ring is 1. The number of amides is 1. The number of nitrogens with two attached hydrogens (primary N) is 1. The van der Waals surface area contributed by atoms with Gasteiger partial charge in [0.1, 0.15) is 53.7 Å². The summed E-state index contributed by atoms with van der Waals surface area (Å²) in [4.78, 5) is 32.4. The van der Waals surface area contributed by atoms with Crippen LogP contribution in [-0.4, -0.2) is 97.6 Å². The third-order valence-electron chi connectivity index (χ3n) is 11.3. The number of nitrogens with zero attached hydrogens (tertiary/aromatic N) is 9. The number of benzene rings is 2. The van der Waals surface area contributed by atoms with Gasteiger partial charge in [-0.25, -0.2) is 22.9 Å². The Hall–Kier alpha value is -4.72. The molecule has 0 saturated carbocycles. The minimum Gasteiger partial charge on any atom is -0.461 e. The van der Waals surface area contributed by atoms with Gasteiger partial charge in [-0.1, -0.05) is 17.7 Å². The molecule has 2 unspecified atom stereocenters. The zero-order valence-corrected chi connectivity index (χ0v) is 29.3. The van der Waals surface area contributed by atoms with Crippen molar-refractivity contribution in [1.82, 2.24) is 34.5 Å². The van der Waals surface area contributed by atoms with Crippen molar-refractivity contribution >= 4 is 60.8 Å². The zero-order chi connectivity index (χ0) is 35.9. The molecule has 4 aliphatic rings. The molecule has 1 amide bonds. The molecule has 5 aromatic rings. The van der Waals surface area contributed by atoms with Gasteiger partial charge in [0.25, 0.3) is 0 Å². The molecule has 2 aromatic carbocycles. The lowest BCUT2D eigenvalue weighted by Gasteiger charge is -2.38. The normalized spacial score (nSPS) is 24.5. The molecule has 0 radical (unpaired) electrons. The number of alkyl halides is 1. The molecule has 0 bridgehead atoms. The third kappa shape index (κ3) is 5.15. The summed E-state index contributed by atoms with van der Waals surface area (Å²) in [5, 5.41) is 14.6. The first-order valence-corrected chi connectivity index (χ1v) is 18.4. The smallest absolute Gasteiger partial charge is 0.346 e. The first-order chi connectivity index (χ1) is 25.2. The van der Waals surface area contributed by atoms with E-state index >= 15 is 4.39 Å². The molecule has 4 saturated heterocycles. The van der Waals surface area contributed by atoms with Crippen LogP contribution in [0.25, 0.3) is 32.1 Å². The predicted molar refractivity (Wildman–Crippen MR) is 189 cm³/mol. The maximum atomic E-state index is 17.2. The molecule has 0 aliphatic carbocycles. The maximum Gasteiger partial charge on any atom is 0.346 e. The van der Waals surface area contributed by atoms with Crippen LogP contribution in [-0.2, 0) is 0 Å². The van der Waals surface area contributed by atoms with E-state index in [1.807, 2.05) is 6.07 Å². The van der Waals surface area contributed by atoms with Crippen LogP contribution in [0.4, 0.5) is 28.8 Å². The lowest BCUT2D eigenvalue weighted by molar-refractivity contribution is 0.107. The molecule has 7 heterocycles. The fourth-order valence-corrected chi connectivity index (χ4v) is 10.2. The first kappa shape index (κ1) is 33.1. The van der Waals surface area contributed by atoms with Gasteiger partial charge in [-0.2, -0.15) is 25.0 Å². The van der Waals surface area contributed by atoms with Crippen molar-refractivity contribution in [3.63, 3.8) is 0 Å². The summed E-state index contributed by atoms with van der Waals surface area (Å²) in [6.07, 6.45) is 5.16. The fraction of sp³-hybridized carbons (Fsp3) is 0.429. The van der Waals surface area contributed by atoms with Crippen LogP contribution in [0.3, 0.4) is 0 Å². The van der Waals surface area contributed by atoms with E-state index in [4.69, 9.17) is 27.1 Å². The first-order valence-electron chi connectivity index (χ1n) is 17.2. The van der Waals surface area contributed by atoms with E-state index in [0.29, 0.717) is 50.2 Å². The predicted octanol–water partition coefficient (Wildman–Crippen LogP) is 6.01. The second kappa shape index (κ2) is 12.5. The van der Waals surface area contributed by atoms with E-state index in [0.717, 1.165) is 37.1 Å². The van der Waals surface area contributed by atoms with Gasteiger partial charge in [-0.15, -0.1) is 11.3 Å². The Kier molecular flexibility index (Phi) is 7.94. The van der Waals surface area contributed by atoms with Crippen molar-refractivity contribution in [1.29, 1.82) is 5.26 Å². The molecule has 0 spiro atoms. The lowest BCUT2D eigenvalue weighted by Crippen LogP contribution is -2.49. The van der Waals surface area contributed by atoms with Crippen LogP contribution >= 0.6 is 22.9 Å². The number of carbonyl (C=O) groups is 1. The van der Waals surface area contributed by atoms with Crippen LogP contribution in [0, 0.1) is 28.9 Å². The maximum absolute atomic E-state index is 17.2. The molecule has 4 fully saturated rings. The topological polar surface area (TPSA) is 142 Å². The number of hydrogen-bond donors (Lipinski definition) is 1. The molecular weight excluding hydrogens is 717 g/mol. The number of anilines is 2. The number of carbonyl (C=O) groups excluding carboxylic acids is 1. The SMILES string of the molecule is N#Cc1c(N)sc2c(F)ccc(-c3c(Cl)cc4c(N5CCC6CN(C(=O)n7cncn7)CCC65)nc(OC[C@@]56CCCN5C[C@H](F)C6)nc4c3F)c12. The molecule has 9 rings (SSSR count). The molecule has 2 N–H and O–H groups in total. The number of thiophene rings is 1. The minimum atomic E-state index is -0.958. The summed E-state index contributed by atoms with van der Waals surface area (Å²) in [7, 11) is 0. The van der Waals surface area contributed by atoms with Gasteiger partial charge in [0.15, 0.2) is 5.82 Å². The van der Waals surface area contributed by atoms with E-state index in [1.54, 1.807) is 11.0 Å². The van der Waals surface area contributed by atoms with E-state index < -0.39 is 23.3 Å². The number of fused-ring (bicyclic) bond motifs is 4. The van der Waals surface area contributed by atoms with Gasteiger partial charge in [0.2, 0.25) is 0 Å².